The minimum atomic E-state index is 0.0217. The molecular weight excluding hydrogens is 336 g/mol. The van der Waals surface area contributed by atoms with Crippen molar-refractivity contribution in [3.05, 3.63) is 65.4 Å². The molecule has 1 amide bonds. The van der Waals surface area contributed by atoms with Crippen molar-refractivity contribution in [1.82, 2.24) is 20.0 Å². The molecule has 4 rings (SSSR count). The van der Waals surface area contributed by atoms with E-state index < -0.39 is 0 Å². The van der Waals surface area contributed by atoms with E-state index in [4.69, 9.17) is 0 Å². The number of H-pyrrole nitrogens is 1. The van der Waals surface area contributed by atoms with E-state index in [1.54, 1.807) is 0 Å². The molecule has 0 atom stereocenters. The van der Waals surface area contributed by atoms with Gasteiger partial charge in [0.05, 0.1) is 5.52 Å². The fraction of sp³-hybridized carbons (Fsp3) is 0.364. The van der Waals surface area contributed by atoms with Crippen LogP contribution >= 0.6 is 0 Å². The number of aromatic amines is 1. The zero-order valence-corrected chi connectivity index (χ0v) is 16.0. The van der Waals surface area contributed by atoms with Crippen LogP contribution in [-0.4, -0.2) is 52.1 Å². The fourth-order valence-electron chi connectivity index (χ4n) is 3.65. The van der Waals surface area contributed by atoms with Crippen LogP contribution in [0.15, 0.2) is 48.5 Å². The number of nitrogens with zero attached hydrogens (tertiary/aromatic N) is 3. The largest absolute Gasteiger partial charge is 0.335 e. The van der Waals surface area contributed by atoms with Crippen molar-refractivity contribution in [2.24, 2.45) is 0 Å². The number of carbonyl (C=O) groups is 1. The number of para-hydroxylation sites is 1. The first-order valence-corrected chi connectivity index (χ1v) is 9.65. The first-order chi connectivity index (χ1) is 13.1. The molecule has 1 N–H and O–H groups in total. The molecule has 3 aromatic rings. The third-order valence-corrected chi connectivity index (χ3v) is 5.38. The van der Waals surface area contributed by atoms with Crippen LogP contribution < -0.4 is 0 Å². The summed E-state index contributed by atoms with van der Waals surface area (Å²) in [6, 6.07) is 16.7. The van der Waals surface area contributed by atoms with Gasteiger partial charge < -0.3 is 4.90 Å². The van der Waals surface area contributed by atoms with Gasteiger partial charge >= 0.3 is 0 Å². The Bertz CT molecular complexity index is 921. The second kappa shape index (κ2) is 7.53. The molecule has 2 aromatic carbocycles. The van der Waals surface area contributed by atoms with Gasteiger partial charge in [0, 0.05) is 38.1 Å². The summed E-state index contributed by atoms with van der Waals surface area (Å²) < 4.78 is 0. The van der Waals surface area contributed by atoms with Crippen LogP contribution in [0.3, 0.4) is 0 Å². The average Bonchev–Trinajstić information content (AvgIpc) is 3.12. The van der Waals surface area contributed by atoms with Gasteiger partial charge in [0.15, 0.2) is 5.69 Å². The molecule has 0 radical (unpaired) electrons. The van der Waals surface area contributed by atoms with E-state index in [2.05, 4.69) is 53.2 Å². The minimum absolute atomic E-state index is 0.0217. The van der Waals surface area contributed by atoms with Crippen LogP contribution in [0.5, 0.6) is 0 Å². The first kappa shape index (κ1) is 17.7. The lowest BCUT2D eigenvalue weighted by Gasteiger charge is -2.34. The van der Waals surface area contributed by atoms with Crippen LogP contribution in [0, 0.1) is 0 Å². The number of hydrogen-bond donors (Lipinski definition) is 1. The summed E-state index contributed by atoms with van der Waals surface area (Å²) in [6.45, 7) is 8.63. The van der Waals surface area contributed by atoms with E-state index in [0.29, 0.717) is 11.6 Å². The van der Waals surface area contributed by atoms with Gasteiger partial charge in [-0.3, -0.25) is 14.8 Å². The highest BCUT2D eigenvalue weighted by molar-refractivity contribution is 6.04. The molecule has 5 heteroatoms. The van der Waals surface area contributed by atoms with Gasteiger partial charge in [0.25, 0.3) is 5.91 Å². The summed E-state index contributed by atoms with van der Waals surface area (Å²) in [7, 11) is 0. The van der Waals surface area contributed by atoms with E-state index >= 15 is 0 Å². The van der Waals surface area contributed by atoms with Gasteiger partial charge in [-0.05, 0) is 23.1 Å². The Labute approximate surface area is 160 Å². The number of aromatic nitrogens is 2. The third-order valence-electron chi connectivity index (χ3n) is 5.38. The summed E-state index contributed by atoms with van der Waals surface area (Å²) >= 11 is 0. The van der Waals surface area contributed by atoms with Crippen molar-refractivity contribution in [1.29, 1.82) is 0 Å². The molecule has 0 aliphatic carbocycles. The maximum atomic E-state index is 12.9. The summed E-state index contributed by atoms with van der Waals surface area (Å²) in [5, 5.41) is 8.10. The zero-order chi connectivity index (χ0) is 18.8. The van der Waals surface area contributed by atoms with Gasteiger partial charge in [-0.1, -0.05) is 56.3 Å². The summed E-state index contributed by atoms with van der Waals surface area (Å²) in [6.07, 6.45) is 0. The van der Waals surface area contributed by atoms with Crippen LogP contribution in [0.1, 0.15) is 41.4 Å². The molecule has 0 unspecified atom stereocenters. The zero-order valence-electron chi connectivity index (χ0n) is 16.0. The molecule has 27 heavy (non-hydrogen) atoms. The molecule has 5 nitrogen and oxygen atoms in total. The van der Waals surface area contributed by atoms with Crippen LogP contribution in [0.4, 0.5) is 0 Å². The Morgan fingerprint density at radius 3 is 2.44 bits per heavy atom. The number of carbonyl (C=O) groups excluding carboxylic acids is 1. The van der Waals surface area contributed by atoms with E-state index in [0.717, 1.165) is 43.6 Å². The average molecular weight is 362 g/mol. The quantitative estimate of drug-likeness (QED) is 0.771. The number of amides is 1. The Hall–Kier alpha value is -2.66. The van der Waals surface area contributed by atoms with Crippen LogP contribution in [0.25, 0.3) is 10.9 Å². The van der Waals surface area contributed by atoms with Crippen molar-refractivity contribution in [3.8, 4) is 0 Å². The lowest BCUT2D eigenvalue weighted by atomic mass is 10.0. The Morgan fingerprint density at radius 1 is 1.04 bits per heavy atom. The maximum absolute atomic E-state index is 12.9. The Morgan fingerprint density at radius 2 is 1.74 bits per heavy atom. The number of piperazine rings is 1. The predicted octanol–water partition coefficient (Wildman–Crippen LogP) is 3.64. The number of nitrogens with one attached hydrogen (secondary N) is 1. The first-order valence-electron chi connectivity index (χ1n) is 9.65. The van der Waals surface area contributed by atoms with Crippen molar-refractivity contribution >= 4 is 16.8 Å². The van der Waals surface area contributed by atoms with E-state index in [-0.39, 0.29) is 5.91 Å². The standard InChI is InChI=1S/C22H26N4O/c1-16(2)18-9-7-17(8-10-18)15-25-11-13-26(14-12-25)22(27)21-19-5-3-4-6-20(19)23-24-21/h3-10,16H,11-15H2,1-2H3,(H,23,24). The molecule has 1 aliphatic heterocycles. The maximum Gasteiger partial charge on any atom is 0.275 e. The lowest BCUT2D eigenvalue weighted by Crippen LogP contribution is -2.48. The van der Waals surface area contributed by atoms with Crippen molar-refractivity contribution in [2.45, 2.75) is 26.3 Å². The molecule has 1 fully saturated rings. The topological polar surface area (TPSA) is 52.2 Å². The monoisotopic (exact) mass is 362 g/mol. The van der Waals surface area contributed by atoms with Crippen molar-refractivity contribution in [3.63, 3.8) is 0 Å². The smallest absolute Gasteiger partial charge is 0.275 e. The summed E-state index contributed by atoms with van der Waals surface area (Å²) in [5.74, 6) is 0.583. The van der Waals surface area contributed by atoms with E-state index in [9.17, 15) is 4.79 Å². The van der Waals surface area contributed by atoms with E-state index in [1.807, 2.05) is 29.2 Å². The molecule has 1 saturated heterocycles. The highest BCUT2D eigenvalue weighted by Crippen LogP contribution is 2.19. The molecule has 0 spiro atoms. The lowest BCUT2D eigenvalue weighted by molar-refractivity contribution is 0.0624. The van der Waals surface area contributed by atoms with Crippen LogP contribution in [0.2, 0.25) is 0 Å². The number of benzene rings is 2. The Kier molecular flexibility index (Phi) is 4.94. The van der Waals surface area contributed by atoms with Crippen molar-refractivity contribution in [2.75, 3.05) is 26.2 Å². The molecular formula is C22H26N4O. The fourth-order valence-corrected chi connectivity index (χ4v) is 3.65. The molecule has 1 aliphatic rings. The molecule has 0 saturated carbocycles. The third kappa shape index (κ3) is 3.74. The molecule has 0 bridgehead atoms. The Balaban J connectivity index is 1.36. The highest BCUT2D eigenvalue weighted by Gasteiger charge is 2.25. The number of fused-ring (bicyclic) bond motifs is 1. The van der Waals surface area contributed by atoms with Gasteiger partial charge in [0.1, 0.15) is 0 Å². The number of hydrogen-bond acceptors (Lipinski definition) is 3. The van der Waals surface area contributed by atoms with Gasteiger partial charge in [-0.25, -0.2) is 0 Å². The normalized spacial score (nSPS) is 15.6. The SMILES string of the molecule is CC(C)c1ccc(CN2CCN(C(=O)c3n[nH]c4ccccc34)CC2)cc1. The van der Waals surface area contributed by atoms with Gasteiger partial charge in [0.2, 0.25) is 0 Å². The van der Waals surface area contributed by atoms with Crippen molar-refractivity contribution < 1.29 is 4.79 Å². The predicted molar refractivity (Wildman–Crippen MR) is 108 cm³/mol. The summed E-state index contributed by atoms with van der Waals surface area (Å²) in [5.41, 5.74) is 4.14. The van der Waals surface area contributed by atoms with Crippen LogP contribution in [-0.2, 0) is 6.54 Å². The molecule has 2 heterocycles. The highest BCUT2D eigenvalue weighted by atomic mass is 16.2. The molecule has 140 valence electrons. The second-order valence-corrected chi connectivity index (χ2v) is 7.58. The second-order valence-electron chi connectivity index (χ2n) is 7.58. The summed E-state index contributed by atoms with van der Waals surface area (Å²) in [4.78, 5) is 17.2. The van der Waals surface area contributed by atoms with Gasteiger partial charge in [-0.2, -0.15) is 5.10 Å². The van der Waals surface area contributed by atoms with Gasteiger partial charge in [-0.15, -0.1) is 0 Å². The van der Waals surface area contributed by atoms with E-state index in [1.165, 1.54) is 11.1 Å². The molecule has 1 aromatic heterocycles. The number of rotatable bonds is 4. The minimum Gasteiger partial charge on any atom is -0.335 e.